The maximum absolute atomic E-state index is 4.08. The minimum absolute atomic E-state index is 0. The SMILES string of the molecule is [Ru].c1ccc2c(c1)[nH]c1cnccc12. The zero-order valence-electron chi connectivity index (χ0n) is 7.34. The van der Waals surface area contributed by atoms with Gasteiger partial charge in [0, 0.05) is 42.0 Å². The van der Waals surface area contributed by atoms with Crippen LogP contribution in [0.5, 0.6) is 0 Å². The summed E-state index contributed by atoms with van der Waals surface area (Å²) in [6.07, 6.45) is 3.68. The molecule has 0 saturated carbocycles. The normalized spacial score (nSPS) is 10.3. The Morgan fingerprint density at radius 2 is 1.71 bits per heavy atom. The van der Waals surface area contributed by atoms with Crippen LogP contribution in [-0.4, -0.2) is 9.97 Å². The van der Waals surface area contributed by atoms with Gasteiger partial charge in [0.1, 0.15) is 0 Å². The first-order chi connectivity index (χ1) is 6.45. The molecule has 2 nitrogen and oxygen atoms in total. The van der Waals surface area contributed by atoms with E-state index in [0.717, 1.165) is 5.52 Å². The maximum Gasteiger partial charge on any atom is 0.0651 e. The van der Waals surface area contributed by atoms with E-state index in [-0.39, 0.29) is 19.5 Å². The Labute approximate surface area is 94.1 Å². The van der Waals surface area contributed by atoms with Gasteiger partial charge in [0.25, 0.3) is 0 Å². The van der Waals surface area contributed by atoms with Crippen molar-refractivity contribution >= 4 is 21.8 Å². The fourth-order valence-corrected chi connectivity index (χ4v) is 1.70. The van der Waals surface area contributed by atoms with Crippen LogP contribution in [0.15, 0.2) is 42.7 Å². The average Bonchev–Trinajstić information content (AvgIpc) is 2.56. The molecule has 0 aliphatic heterocycles. The fraction of sp³-hybridized carbons (Fsp3) is 0. The van der Waals surface area contributed by atoms with Gasteiger partial charge in [0.15, 0.2) is 0 Å². The third-order valence-corrected chi connectivity index (χ3v) is 2.31. The van der Waals surface area contributed by atoms with Crippen molar-refractivity contribution in [2.75, 3.05) is 0 Å². The number of benzene rings is 1. The summed E-state index contributed by atoms with van der Waals surface area (Å²) in [5, 5.41) is 2.51. The number of rotatable bonds is 0. The van der Waals surface area contributed by atoms with Crippen LogP contribution in [0, 0.1) is 0 Å². The van der Waals surface area contributed by atoms with Gasteiger partial charge in [-0.15, -0.1) is 0 Å². The number of aromatic nitrogens is 2. The molecule has 3 rings (SSSR count). The zero-order valence-corrected chi connectivity index (χ0v) is 9.08. The molecule has 0 spiro atoms. The Bertz CT molecular complexity index is 521. The van der Waals surface area contributed by atoms with Crippen LogP contribution in [-0.2, 0) is 19.5 Å². The van der Waals surface area contributed by atoms with Crippen molar-refractivity contribution in [1.82, 2.24) is 9.97 Å². The Balaban J connectivity index is 0.000000750. The first-order valence-electron chi connectivity index (χ1n) is 4.25. The van der Waals surface area contributed by atoms with Crippen molar-refractivity contribution in [2.24, 2.45) is 0 Å². The minimum atomic E-state index is 0. The van der Waals surface area contributed by atoms with Crippen molar-refractivity contribution in [3.05, 3.63) is 42.7 Å². The summed E-state index contributed by atoms with van der Waals surface area (Å²) in [7, 11) is 0. The molecule has 0 amide bonds. The van der Waals surface area contributed by atoms with Crippen molar-refractivity contribution < 1.29 is 19.5 Å². The van der Waals surface area contributed by atoms with Crippen molar-refractivity contribution in [2.45, 2.75) is 0 Å². The van der Waals surface area contributed by atoms with Crippen LogP contribution in [0.2, 0.25) is 0 Å². The first kappa shape index (κ1) is 9.35. The molecule has 0 aliphatic rings. The molecule has 0 radical (unpaired) electrons. The second kappa shape index (κ2) is 3.51. The van der Waals surface area contributed by atoms with Gasteiger partial charge in [0.2, 0.25) is 0 Å². The molecule has 14 heavy (non-hydrogen) atoms. The monoisotopic (exact) mass is 270 g/mol. The standard InChI is InChI=1S/C11H8N2.Ru/c1-2-4-10-8(3-1)9-5-6-12-7-11(9)13-10;/h1-7,13H;. The Hall–Kier alpha value is -1.21. The summed E-state index contributed by atoms with van der Waals surface area (Å²) >= 11 is 0. The molecular weight excluding hydrogens is 261 g/mol. The molecule has 2 aromatic heterocycles. The third-order valence-electron chi connectivity index (χ3n) is 2.31. The van der Waals surface area contributed by atoms with E-state index in [1.165, 1.54) is 16.3 Å². The Morgan fingerprint density at radius 3 is 2.64 bits per heavy atom. The van der Waals surface area contributed by atoms with Gasteiger partial charge >= 0.3 is 0 Å². The first-order valence-corrected chi connectivity index (χ1v) is 4.25. The van der Waals surface area contributed by atoms with Crippen molar-refractivity contribution in [3.63, 3.8) is 0 Å². The predicted molar refractivity (Wildman–Crippen MR) is 53.6 cm³/mol. The predicted octanol–water partition coefficient (Wildman–Crippen LogP) is 2.71. The maximum atomic E-state index is 4.08. The van der Waals surface area contributed by atoms with Crippen LogP contribution in [0.25, 0.3) is 21.8 Å². The number of nitrogens with zero attached hydrogens (tertiary/aromatic N) is 1. The van der Waals surface area contributed by atoms with Crippen LogP contribution < -0.4 is 0 Å². The number of H-pyrrole nitrogens is 1. The quantitative estimate of drug-likeness (QED) is 0.625. The largest absolute Gasteiger partial charge is 0.353 e. The molecule has 3 heteroatoms. The molecule has 0 aliphatic carbocycles. The van der Waals surface area contributed by atoms with Gasteiger partial charge in [-0.3, -0.25) is 4.98 Å². The number of hydrogen-bond donors (Lipinski definition) is 1. The van der Waals surface area contributed by atoms with E-state index >= 15 is 0 Å². The number of pyridine rings is 1. The van der Waals surface area contributed by atoms with Gasteiger partial charge in [-0.2, -0.15) is 0 Å². The molecule has 0 fully saturated rings. The molecule has 2 heterocycles. The number of fused-ring (bicyclic) bond motifs is 3. The summed E-state index contributed by atoms with van der Waals surface area (Å²) < 4.78 is 0. The molecule has 70 valence electrons. The second-order valence-electron chi connectivity index (χ2n) is 3.09. The smallest absolute Gasteiger partial charge is 0.0651 e. The van der Waals surface area contributed by atoms with E-state index in [9.17, 15) is 0 Å². The van der Waals surface area contributed by atoms with Gasteiger partial charge in [-0.1, -0.05) is 18.2 Å². The zero-order chi connectivity index (χ0) is 8.67. The summed E-state index contributed by atoms with van der Waals surface area (Å²) in [5.41, 5.74) is 2.27. The van der Waals surface area contributed by atoms with Crippen molar-refractivity contribution in [3.8, 4) is 0 Å². The summed E-state index contributed by atoms with van der Waals surface area (Å²) in [6, 6.07) is 10.3. The molecule has 0 bridgehead atoms. The molecule has 0 unspecified atom stereocenters. The molecule has 1 aromatic carbocycles. The third kappa shape index (κ3) is 1.25. The van der Waals surface area contributed by atoms with Crippen LogP contribution >= 0.6 is 0 Å². The van der Waals surface area contributed by atoms with Gasteiger partial charge < -0.3 is 4.98 Å². The number of hydrogen-bond acceptors (Lipinski definition) is 1. The Morgan fingerprint density at radius 1 is 0.929 bits per heavy atom. The number of para-hydroxylation sites is 1. The molecule has 0 saturated heterocycles. The van der Waals surface area contributed by atoms with Gasteiger partial charge in [0.05, 0.1) is 11.7 Å². The van der Waals surface area contributed by atoms with Crippen LogP contribution in [0.4, 0.5) is 0 Å². The summed E-state index contributed by atoms with van der Waals surface area (Å²) in [4.78, 5) is 7.39. The summed E-state index contributed by atoms with van der Waals surface area (Å²) in [5.74, 6) is 0. The average molecular weight is 269 g/mol. The minimum Gasteiger partial charge on any atom is -0.353 e. The van der Waals surface area contributed by atoms with E-state index in [0.29, 0.717) is 0 Å². The number of aromatic amines is 1. The molecule has 1 N–H and O–H groups in total. The summed E-state index contributed by atoms with van der Waals surface area (Å²) in [6.45, 7) is 0. The van der Waals surface area contributed by atoms with Crippen LogP contribution in [0.1, 0.15) is 0 Å². The molecule has 3 aromatic rings. The van der Waals surface area contributed by atoms with E-state index in [1.54, 1.807) is 0 Å². The fourth-order valence-electron chi connectivity index (χ4n) is 1.70. The topological polar surface area (TPSA) is 28.7 Å². The second-order valence-corrected chi connectivity index (χ2v) is 3.09. The van der Waals surface area contributed by atoms with E-state index in [4.69, 9.17) is 0 Å². The van der Waals surface area contributed by atoms with Crippen molar-refractivity contribution in [1.29, 1.82) is 0 Å². The van der Waals surface area contributed by atoms with E-state index in [1.807, 2.05) is 24.5 Å². The molecule has 0 atom stereocenters. The van der Waals surface area contributed by atoms with Gasteiger partial charge in [-0.25, -0.2) is 0 Å². The van der Waals surface area contributed by atoms with E-state index in [2.05, 4.69) is 28.2 Å². The molecular formula is C11H8N2Ru. The van der Waals surface area contributed by atoms with Gasteiger partial charge in [-0.05, 0) is 12.1 Å². The van der Waals surface area contributed by atoms with Crippen LogP contribution in [0.3, 0.4) is 0 Å². The Kier molecular flexibility index (Phi) is 2.34. The van der Waals surface area contributed by atoms with E-state index < -0.39 is 0 Å². The number of nitrogens with one attached hydrogen (secondary N) is 1.